The van der Waals surface area contributed by atoms with Crippen molar-refractivity contribution >= 4 is 60.7 Å². The summed E-state index contributed by atoms with van der Waals surface area (Å²) in [6.07, 6.45) is 1.15. The van der Waals surface area contributed by atoms with Crippen molar-refractivity contribution in [3.05, 3.63) is 107 Å². The summed E-state index contributed by atoms with van der Waals surface area (Å²) in [5, 5.41) is 5.68. The molecule has 6 nitrogen and oxygen atoms in total. The maximum Gasteiger partial charge on any atom is 0.255 e. The summed E-state index contributed by atoms with van der Waals surface area (Å²) >= 11 is 6.25. The number of para-hydroxylation sites is 1. The number of hydrogen-bond donors (Lipinski definition) is 1. The van der Waals surface area contributed by atoms with Gasteiger partial charge < -0.3 is 9.88 Å². The van der Waals surface area contributed by atoms with Crippen LogP contribution in [0.1, 0.15) is 22.8 Å². The molecule has 5 rings (SSSR count). The summed E-state index contributed by atoms with van der Waals surface area (Å²) in [4.78, 5) is 13.0. The van der Waals surface area contributed by atoms with Gasteiger partial charge in [-0.2, -0.15) is 0 Å². The Morgan fingerprint density at radius 3 is 2.27 bits per heavy atom. The second-order valence-corrected chi connectivity index (χ2v) is 11.2. The van der Waals surface area contributed by atoms with E-state index < -0.39 is 10.0 Å². The molecule has 0 unspecified atom stereocenters. The van der Waals surface area contributed by atoms with Crippen LogP contribution in [0.3, 0.4) is 0 Å². The maximum atomic E-state index is 13.0. The lowest BCUT2D eigenvalue weighted by molar-refractivity contribution is 0.102. The van der Waals surface area contributed by atoms with Crippen LogP contribution in [0.15, 0.2) is 91.0 Å². The van der Waals surface area contributed by atoms with E-state index >= 15 is 0 Å². The lowest BCUT2D eigenvalue weighted by Crippen LogP contribution is -2.29. The van der Waals surface area contributed by atoms with Crippen molar-refractivity contribution in [1.29, 1.82) is 0 Å². The highest BCUT2D eigenvalue weighted by molar-refractivity contribution is 7.92. The van der Waals surface area contributed by atoms with Crippen LogP contribution in [-0.2, 0) is 23.1 Å². The number of benzene rings is 4. The SMILES string of the molecule is CCn1c2ccccc2c2cc(NC(=O)c3ccc(N(Cc4ccccc4Cl)S(C)(=O)=O)cc3)ccc21. The number of carbonyl (C=O) groups is 1. The van der Waals surface area contributed by atoms with Crippen LogP contribution in [0.2, 0.25) is 5.02 Å². The van der Waals surface area contributed by atoms with Gasteiger partial charge in [-0.05, 0) is 67.1 Å². The maximum absolute atomic E-state index is 13.0. The zero-order valence-electron chi connectivity index (χ0n) is 20.5. The van der Waals surface area contributed by atoms with Gasteiger partial charge in [0.2, 0.25) is 10.0 Å². The van der Waals surface area contributed by atoms with Gasteiger partial charge in [-0.1, -0.05) is 48.0 Å². The van der Waals surface area contributed by atoms with Crippen molar-refractivity contribution in [3.8, 4) is 0 Å². The lowest BCUT2D eigenvalue weighted by atomic mass is 10.1. The van der Waals surface area contributed by atoms with Gasteiger partial charge in [0.05, 0.1) is 18.5 Å². The standard InChI is InChI=1S/C29H26ClN3O3S/c1-3-32-27-11-7-5-9-24(27)25-18-22(14-17-28(25)32)31-29(34)20-12-15-23(16-13-20)33(37(2,35)36)19-21-8-4-6-10-26(21)30/h4-18H,3,19H2,1-2H3,(H,31,34). The number of sulfonamides is 1. The van der Waals surface area contributed by atoms with Crippen LogP contribution in [0.25, 0.3) is 21.8 Å². The van der Waals surface area contributed by atoms with E-state index in [0.717, 1.165) is 34.6 Å². The van der Waals surface area contributed by atoms with Crippen molar-refractivity contribution < 1.29 is 13.2 Å². The Morgan fingerprint density at radius 2 is 1.57 bits per heavy atom. The van der Waals surface area contributed by atoms with Gasteiger partial charge in [-0.15, -0.1) is 0 Å². The van der Waals surface area contributed by atoms with Crippen LogP contribution < -0.4 is 9.62 Å². The predicted octanol–water partition coefficient (Wildman–Crippen LogP) is 6.69. The van der Waals surface area contributed by atoms with E-state index in [9.17, 15) is 13.2 Å². The molecule has 0 atom stereocenters. The van der Waals surface area contributed by atoms with Gasteiger partial charge >= 0.3 is 0 Å². The van der Waals surface area contributed by atoms with E-state index in [-0.39, 0.29) is 12.5 Å². The van der Waals surface area contributed by atoms with Crippen molar-refractivity contribution in [2.75, 3.05) is 15.9 Å². The van der Waals surface area contributed by atoms with Gasteiger partial charge in [0.15, 0.2) is 0 Å². The number of halogens is 1. The molecule has 1 heterocycles. The highest BCUT2D eigenvalue weighted by Gasteiger charge is 2.20. The number of anilines is 2. The number of aryl methyl sites for hydroxylation is 1. The molecule has 0 saturated carbocycles. The summed E-state index contributed by atoms with van der Waals surface area (Å²) in [5.74, 6) is -0.276. The number of fused-ring (bicyclic) bond motifs is 3. The molecule has 0 fully saturated rings. The number of aromatic nitrogens is 1. The van der Waals surface area contributed by atoms with Gasteiger partial charge in [0.1, 0.15) is 0 Å². The van der Waals surface area contributed by atoms with Crippen LogP contribution in [-0.4, -0.2) is 25.1 Å². The first-order chi connectivity index (χ1) is 17.8. The first-order valence-electron chi connectivity index (χ1n) is 11.9. The number of nitrogens with one attached hydrogen (secondary N) is 1. The minimum Gasteiger partial charge on any atom is -0.341 e. The van der Waals surface area contributed by atoms with E-state index in [1.807, 2.05) is 36.4 Å². The van der Waals surface area contributed by atoms with Crippen LogP contribution in [0.5, 0.6) is 0 Å². The molecule has 0 aliphatic heterocycles. The Morgan fingerprint density at radius 1 is 0.892 bits per heavy atom. The summed E-state index contributed by atoms with van der Waals surface area (Å²) in [7, 11) is -3.58. The topological polar surface area (TPSA) is 71.4 Å². The first-order valence-corrected chi connectivity index (χ1v) is 14.1. The van der Waals surface area contributed by atoms with Gasteiger partial charge in [0.25, 0.3) is 5.91 Å². The fourth-order valence-electron chi connectivity index (χ4n) is 4.64. The molecule has 0 aliphatic carbocycles. The molecule has 8 heteroatoms. The fourth-order valence-corrected chi connectivity index (χ4v) is 5.71. The Bertz CT molecular complexity index is 1730. The van der Waals surface area contributed by atoms with Gasteiger partial charge in [-0.25, -0.2) is 8.42 Å². The van der Waals surface area contributed by atoms with E-state index in [2.05, 4.69) is 28.9 Å². The second-order valence-electron chi connectivity index (χ2n) is 8.86. The smallest absolute Gasteiger partial charge is 0.255 e. The number of carbonyl (C=O) groups excluding carboxylic acids is 1. The lowest BCUT2D eigenvalue weighted by Gasteiger charge is -2.23. The van der Waals surface area contributed by atoms with Gasteiger partial charge in [0, 0.05) is 44.6 Å². The molecular weight excluding hydrogens is 506 g/mol. The Kier molecular flexibility index (Phi) is 6.67. The molecule has 0 saturated heterocycles. The summed E-state index contributed by atoms with van der Waals surface area (Å²) in [6, 6.07) is 27.8. The Hall–Kier alpha value is -3.81. The van der Waals surface area contributed by atoms with Crippen molar-refractivity contribution in [2.45, 2.75) is 20.0 Å². The van der Waals surface area contributed by atoms with Crippen molar-refractivity contribution in [1.82, 2.24) is 4.57 Å². The summed E-state index contributed by atoms with van der Waals surface area (Å²) < 4.78 is 28.6. The molecule has 5 aromatic rings. The number of hydrogen-bond acceptors (Lipinski definition) is 3. The third kappa shape index (κ3) is 4.92. The largest absolute Gasteiger partial charge is 0.341 e. The van der Waals surface area contributed by atoms with Gasteiger partial charge in [-0.3, -0.25) is 9.10 Å². The number of amides is 1. The minimum absolute atomic E-state index is 0.0927. The third-order valence-corrected chi connectivity index (χ3v) is 7.95. The Balaban J connectivity index is 1.40. The number of rotatable bonds is 7. The molecule has 4 aromatic carbocycles. The van der Waals surface area contributed by atoms with Crippen LogP contribution in [0.4, 0.5) is 11.4 Å². The predicted molar refractivity (Wildman–Crippen MR) is 152 cm³/mol. The molecule has 0 spiro atoms. The van der Waals surface area contributed by atoms with Crippen LogP contribution >= 0.6 is 11.6 Å². The molecule has 0 bridgehead atoms. The molecular formula is C29H26ClN3O3S. The summed E-state index contributed by atoms with van der Waals surface area (Å²) in [6.45, 7) is 3.06. The van der Waals surface area contributed by atoms with E-state index in [0.29, 0.717) is 27.5 Å². The average Bonchev–Trinajstić information content (AvgIpc) is 3.20. The molecule has 37 heavy (non-hydrogen) atoms. The zero-order chi connectivity index (χ0) is 26.2. The molecule has 1 aromatic heterocycles. The third-order valence-electron chi connectivity index (χ3n) is 6.44. The summed E-state index contributed by atoms with van der Waals surface area (Å²) in [5.41, 5.74) is 4.53. The normalized spacial score (nSPS) is 11.6. The molecule has 0 radical (unpaired) electrons. The van der Waals surface area contributed by atoms with Crippen LogP contribution in [0, 0.1) is 0 Å². The quantitative estimate of drug-likeness (QED) is 0.254. The zero-order valence-corrected chi connectivity index (χ0v) is 22.1. The Labute approximate surface area is 221 Å². The highest BCUT2D eigenvalue weighted by Crippen LogP contribution is 2.31. The van der Waals surface area contributed by atoms with E-state index in [1.54, 1.807) is 42.5 Å². The van der Waals surface area contributed by atoms with Crippen molar-refractivity contribution in [2.24, 2.45) is 0 Å². The minimum atomic E-state index is -3.58. The van der Waals surface area contributed by atoms with E-state index in [1.165, 1.54) is 4.31 Å². The molecule has 0 aliphatic rings. The monoisotopic (exact) mass is 531 g/mol. The van der Waals surface area contributed by atoms with Crippen molar-refractivity contribution in [3.63, 3.8) is 0 Å². The highest BCUT2D eigenvalue weighted by atomic mass is 35.5. The second kappa shape index (κ2) is 9.92. The fraction of sp³-hybridized carbons (Fsp3) is 0.138. The first kappa shape index (κ1) is 24.9. The molecule has 1 N–H and O–H groups in total. The molecule has 188 valence electrons. The van der Waals surface area contributed by atoms with E-state index in [4.69, 9.17) is 11.6 Å². The molecule has 1 amide bonds. The number of nitrogens with zero attached hydrogens (tertiary/aromatic N) is 2. The average molecular weight is 532 g/mol.